The highest BCUT2D eigenvalue weighted by Gasteiger charge is 2.42. The van der Waals surface area contributed by atoms with Crippen molar-refractivity contribution in [2.45, 2.75) is 17.1 Å². The second kappa shape index (κ2) is 7.50. The van der Waals surface area contributed by atoms with Gasteiger partial charge in [-0.15, -0.1) is 0 Å². The van der Waals surface area contributed by atoms with Gasteiger partial charge in [0.15, 0.2) is 0 Å². The average Bonchev–Trinajstić information content (AvgIpc) is 2.61. The van der Waals surface area contributed by atoms with Gasteiger partial charge in [-0.2, -0.15) is 17.5 Å². The fraction of sp³-hybridized carbons (Fsp3) is 0.294. The molecule has 0 aromatic heterocycles. The van der Waals surface area contributed by atoms with Crippen molar-refractivity contribution in [3.63, 3.8) is 0 Å². The van der Waals surface area contributed by atoms with Gasteiger partial charge in [0.25, 0.3) is 0 Å². The zero-order valence-electron chi connectivity index (χ0n) is 13.8. The molecule has 0 bridgehead atoms. The first-order valence-corrected chi connectivity index (χ1v) is 10.2. The zero-order chi connectivity index (χ0) is 19.8. The zero-order valence-corrected chi connectivity index (χ0v) is 16.2. The predicted octanol–water partition coefficient (Wildman–Crippen LogP) is 3.94. The van der Waals surface area contributed by atoms with Gasteiger partial charge in [-0.05, 0) is 35.9 Å². The highest BCUT2D eigenvalue weighted by Crippen LogP contribution is 2.38. The molecule has 1 atom stereocenters. The summed E-state index contributed by atoms with van der Waals surface area (Å²) in [6.45, 7) is 0.540. The van der Waals surface area contributed by atoms with Gasteiger partial charge >= 0.3 is 6.18 Å². The third kappa shape index (κ3) is 4.18. The molecular formula is C17H15BrF4N2O2S. The molecule has 0 aliphatic carbocycles. The number of halogens is 5. The second-order valence-electron chi connectivity index (χ2n) is 6.03. The number of nitrogens with zero attached hydrogens (tertiary/aromatic N) is 1. The standard InChI is InChI=1S/C17H15BrF4N2O2S/c18-12-3-1-2-11(8-12)15-10-23-6-7-24(15)27(25,26)16-5-4-13(19)9-14(16)17(20,21)22/h1-5,8-9,15,23H,6-7,10H2. The van der Waals surface area contributed by atoms with Crippen LogP contribution in [0.1, 0.15) is 17.2 Å². The van der Waals surface area contributed by atoms with Gasteiger partial charge in [0.05, 0.1) is 16.5 Å². The number of nitrogens with one attached hydrogen (secondary N) is 1. The fourth-order valence-corrected chi connectivity index (χ4v) is 5.27. The van der Waals surface area contributed by atoms with Crippen LogP contribution in [0, 0.1) is 5.82 Å². The Morgan fingerprint density at radius 2 is 1.89 bits per heavy atom. The average molecular weight is 467 g/mol. The Morgan fingerprint density at radius 3 is 2.56 bits per heavy atom. The molecule has 1 unspecified atom stereocenters. The van der Waals surface area contributed by atoms with Crippen molar-refractivity contribution in [1.82, 2.24) is 9.62 Å². The van der Waals surface area contributed by atoms with Crippen LogP contribution >= 0.6 is 15.9 Å². The van der Waals surface area contributed by atoms with E-state index in [1.54, 1.807) is 24.3 Å². The first-order chi connectivity index (χ1) is 12.6. The largest absolute Gasteiger partial charge is 0.417 e. The SMILES string of the molecule is O=S(=O)(c1ccc(F)cc1C(F)(F)F)N1CCNCC1c1cccc(Br)c1. The number of alkyl halides is 3. The predicted molar refractivity (Wildman–Crippen MR) is 95.0 cm³/mol. The number of sulfonamides is 1. The van der Waals surface area contributed by atoms with Crippen LogP contribution in [0.5, 0.6) is 0 Å². The lowest BCUT2D eigenvalue weighted by Gasteiger charge is -2.36. The van der Waals surface area contributed by atoms with Crippen LogP contribution in [0.25, 0.3) is 0 Å². The molecular weight excluding hydrogens is 452 g/mol. The van der Waals surface area contributed by atoms with Crippen molar-refractivity contribution in [2.75, 3.05) is 19.6 Å². The Balaban J connectivity index is 2.10. The van der Waals surface area contributed by atoms with Crippen molar-refractivity contribution in [3.05, 3.63) is 63.9 Å². The van der Waals surface area contributed by atoms with E-state index in [0.717, 1.165) is 14.8 Å². The molecule has 3 rings (SSSR count). The van der Waals surface area contributed by atoms with E-state index in [2.05, 4.69) is 21.2 Å². The summed E-state index contributed by atoms with van der Waals surface area (Å²) in [6, 6.07) is 7.83. The van der Waals surface area contributed by atoms with Gasteiger partial charge in [0.1, 0.15) is 5.82 Å². The number of benzene rings is 2. The Kier molecular flexibility index (Phi) is 5.62. The molecule has 2 aromatic carbocycles. The summed E-state index contributed by atoms with van der Waals surface area (Å²) in [6.07, 6.45) is -5.00. The molecule has 4 nitrogen and oxygen atoms in total. The van der Waals surface area contributed by atoms with Crippen LogP contribution < -0.4 is 5.32 Å². The van der Waals surface area contributed by atoms with Gasteiger partial charge in [-0.1, -0.05) is 28.1 Å². The molecule has 1 heterocycles. The van der Waals surface area contributed by atoms with Crippen LogP contribution in [0.4, 0.5) is 17.6 Å². The minimum atomic E-state index is -5.00. The normalized spacial score (nSPS) is 19.2. The van der Waals surface area contributed by atoms with Crippen molar-refractivity contribution in [3.8, 4) is 0 Å². The molecule has 10 heteroatoms. The minimum absolute atomic E-state index is 0.00577. The van der Waals surface area contributed by atoms with E-state index in [1.165, 1.54) is 0 Å². The molecule has 27 heavy (non-hydrogen) atoms. The Hall–Kier alpha value is -1.49. The molecule has 2 aromatic rings. The summed E-state index contributed by atoms with van der Waals surface area (Å²) in [5, 5.41) is 3.06. The maximum atomic E-state index is 13.4. The molecule has 1 N–H and O–H groups in total. The lowest BCUT2D eigenvalue weighted by atomic mass is 10.1. The van der Waals surface area contributed by atoms with Crippen molar-refractivity contribution in [2.24, 2.45) is 0 Å². The number of hydrogen-bond donors (Lipinski definition) is 1. The summed E-state index contributed by atoms with van der Waals surface area (Å²) in [5.41, 5.74) is -0.871. The molecule has 1 aliphatic rings. The number of hydrogen-bond acceptors (Lipinski definition) is 3. The molecule has 1 saturated heterocycles. The summed E-state index contributed by atoms with van der Waals surface area (Å²) in [5.74, 6) is -1.15. The molecule has 1 fully saturated rings. The Morgan fingerprint density at radius 1 is 1.15 bits per heavy atom. The molecule has 0 saturated carbocycles. The van der Waals surface area contributed by atoms with Crippen molar-refractivity contribution < 1.29 is 26.0 Å². The second-order valence-corrected chi connectivity index (χ2v) is 8.80. The van der Waals surface area contributed by atoms with Crippen LogP contribution in [-0.2, 0) is 16.2 Å². The molecule has 0 radical (unpaired) electrons. The maximum absolute atomic E-state index is 13.4. The monoisotopic (exact) mass is 466 g/mol. The maximum Gasteiger partial charge on any atom is 0.417 e. The van der Waals surface area contributed by atoms with E-state index < -0.39 is 38.5 Å². The molecule has 0 amide bonds. The molecule has 146 valence electrons. The number of piperazine rings is 1. The van der Waals surface area contributed by atoms with E-state index >= 15 is 0 Å². The van der Waals surface area contributed by atoms with E-state index in [4.69, 9.17) is 0 Å². The summed E-state index contributed by atoms with van der Waals surface area (Å²) in [4.78, 5) is -0.946. The van der Waals surface area contributed by atoms with E-state index in [-0.39, 0.29) is 19.2 Å². The smallest absolute Gasteiger partial charge is 0.313 e. The minimum Gasteiger partial charge on any atom is -0.313 e. The molecule has 1 aliphatic heterocycles. The summed E-state index contributed by atoms with van der Waals surface area (Å²) >= 11 is 3.31. The van der Waals surface area contributed by atoms with Crippen LogP contribution in [0.2, 0.25) is 0 Å². The highest BCUT2D eigenvalue weighted by molar-refractivity contribution is 9.10. The topological polar surface area (TPSA) is 49.4 Å². The number of rotatable bonds is 3. The first kappa shape index (κ1) is 20.2. The summed E-state index contributed by atoms with van der Waals surface area (Å²) in [7, 11) is -4.51. The van der Waals surface area contributed by atoms with Gasteiger partial charge in [0.2, 0.25) is 10.0 Å². The lowest BCUT2D eigenvalue weighted by Crippen LogP contribution is -2.48. The Labute approximate surface area is 162 Å². The van der Waals surface area contributed by atoms with Gasteiger partial charge in [0, 0.05) is 24.1 Å². The fourth-order valence-electron chi connectivity index (χ4n) is 3.05. The first-order valence-electron chi connectivity index (χ1n) is 7.95. The third-order valence-corrected chi connectivity index (χ3v) is 6.72. The quantitative estimate of drug-likeness (QED) is 0.696. The van der Waals surface area contributed by atoms with Gasteiger partial charge < -0.3 is 5.32 Å². The summed E-state index contributed by atoms with van der Waals surface area (Å²) < 4.78 is 81.3. The lowest BCUT2D eigenvalue weighted by molar-refractivity contribution is -0.140. The van der Waals surface area contributed by atoms with E-state index in [1.807, 2.05) is 0 Å². The van der Waals surface area contributed by atoms with Gasteiger partial charge in [-0.25, -0.2) is 12.8 Å². The van der Waals surface area contributed by atoms with Crippen LogP contribution in [0.3, 0.4) is 0 Å². The molecule has 0 spiro atoms. The third-order valence-electron chi connectivity index (χ3n) is 4.26. The van der Waals surface area contributed by atoms with Crippen molar-refractivity contribution in [1.29, 1.82) is 0 Å². The Bertz CT molecular complexity index is 950. The van der Waals surface area contributed by atoms with E-state index in [9.17, 15) is 26.0 Å². The van der Waals surface area contributed by atoms with Crippen molar-refractivity contribution >= 4 is 26.0 Å². The van der Waals surface area contributed by atoms with Gasteiger partial charge in [-0.3, -0.25) is 0 Å². The van der Waals surface area contributed by atoms with E-state index in [0.29, 0.717) is 18.2 Å². The van der Waals surface area contributed by atoms with Crippen LogP contribution in [-0.4, -0.2) is 32.4 Å². The highest BCUT2D eigenvalue weighted by atomic mass is 79.9. The van der Waals surface area contributed by atoms with Crippen LogP contribution in [0.15, 0.2) is 51.8 Å².